The molecule has 4 heteroatoms. The molecule has 1 aromatic rings. The standard InChI is InChI=1S/C15H24N2OS/c1-4-14-5-6-15(19-14)10-13(18)9-12-11-16(2)7-8-17(12)3/h5-6,12H,4,7-11H2,1-3H3. The highest BCUT2D eigenvalue weighted by Gasteiger charge is 2.24. The second-order valence-corrected chi connectivity index (χ2v) is 6.79. The van der Waals surface area contributed by atoms with E-state index < -0.39 is 0 Å². The number of carbonyl (C=O) groups is 1. The minimum atomic E-state index is 0.372. The van der Waals surface area contributed by atoms with Gasteiger partial charge in [-0.2, -0.15) is 0 Å². The van der Waals surface area contributed by atoms with E-state index in [-0.39, 0.29) is 0 Å². The zero-order chi connectivity index (χ0) is 13.8. The molecule has 2 rings (SSSR count). The molecule has 1 aliphatic heterocycles. The van der Waals surface area contributed by atoms with E-state index in [1.807, 2.05) is 0 Å². The van der Waals surface area contributed by atoms with Crippen molar-refractivity contribution in [1.29, 1.82) is 0 Å². The minimum absolute atomic E-state index is 0.372. The topological polar surface area (TPSA) is 23.6 Å². The highest BCUT2D eigenvalue weighted by atomic mass is 32.1. The van der Waals surface area contributed by atoms with Gasteiger partial charge < -0.3 is 9.80 Å². The highest BCUT2D eigenvalue weighted by molar-refractivity contribution is 7.12. The second-order valence-electron chi connectivity index (χ2n) is 5.54. The molecule has 1 aromatic heterocycles. The molecule has 0 spiro atoms. The van der Waals surface area contributed by atoms with Crippen LogP contribution in [0.2, 0.25) is 0 Å². The van der Waals surface area contributed by atoms with Gasteiger partial charge in [0.25, 0.3) is 0 Å². The van der Waals surface area contributed by atoms with Gasteiger partial charge in [-0.3, -0.25) is 4.79 Å². The van der Waals surface area contributed by atoms with Crippen molar-refractivity contribution in [1.82, 2.24) is 9.80 Å². The Balaban J connectivity index is 1.86. The summed E-state index contributed by atoms with van der Waals surface area (Å²) in [4.78, 5) is 19.4. The van der Waals surface area contributed by atoms with Crippen molar-refractivity contribution in [2.45, 2.75) is 32.2 Å². The molecule has 0 N–H and O–H groups in total. The van der Waals surface area contributed by atoms with Gasteiger partial charge in [-0.25, -0.2) is 0 Å². The van der Waals surface area contributed by atoms with E-state index in [2.05, 4.69) is 43.0 Å². The van der Waals surface area contributed by atoms with E-state index in [0.29, 0.717) is 24.7 Å². The fraction of sp³-hybridized carbons (Fsp3) is 0.667. The van der Waals surface area contributed by atoms with Crippen molar-refractivity contribution in [2.24, 2.45) is 0 Å². The predicted octanol–water partition coefficient (Wildman–Crippen LogP) is 2.06. The first-order chi connectivity index (χ1) is 9.08. The quantitative estimate of drug-likeness (QED) is 0.825. The van der Waals surface area contributed by atoms with Gasteiger partial charge >= 0.3 is 0 Å². The van der Waals surface area contributed by atoms with Crippen LogP contribution < -0.4 is 0 Å². The van der Waals surface area contributed by atoms with Gasteiger partial charge in [0.2, 0.25) is 0 Å². The number of rotatable bonds is 5. The molecule has 0 aliphatic carbocycles. The van der Waals surface area contributed by atoms with Crippen molar-refractivity contribution < 1.29 is 4.79 Å². The predicted molar refractivity (Wildman–Crippen MR) is 80.9 cm³/mol. The van der Waals surface area contributed by atoms with Crippen LogP contribution in [-0.2, 0) is 17.6 Å². The Hall–Kier alpha value is -0.710. The molecular weight excluding hydrogens is 256 g/mol. The third-order valence-electron chi connectivity index (χ3n) is 3.88. The van der Waals surface area contributed by atoms with Crippen LogP contribution in [0.4, 0.5) is 0 Å². The smallest absolute Gasteiger partial charge is 0.139 e. The fourth-order valence-corrected chi connectivity index (χ4v) is 3.54. The number of Topliss-reactive ketones (excluding diaryl/α,β-unsaturated/α-hetero) is 1. The molecule has 0 radical (unpaired) electrons. The molecule has 1 unspecified atom stereocenters. The largest absolute Gasteiger partial charge is 0.304 e. The molecule has 1 saturated heterocycles. The van der Waals surface area contributed by atoms with Crippen molar-refractivity contribution in [3.05, 3.63) is 21.9 Å². The molecule has 1 fully saturated rings. The van der Waals surface area contributed by atoms with Crippen LogP contribution in [0.1, 0.15) is 23.1 Å². The first-order valence-electron chi connectivity index (χ1n) is 7.06. The lowest BCUT2D eigenvalue weighted by atomic mass is 10.0. The highest BCUT2D eigenvalue weighted by Crippen LogP contribution is 2.19. The molecule has 19 heavy (non-hydrogen) atoms. The molecule has 3 nitrogen and oxygen atoms in total. The van der Waals surface area contributed by atoms with Crippen molar-refractivity contribution in [3.63, 3.8) is 0 Å². The lowest BCUT2D eigenvalue weighted by molar-refractivity contribution is -0.120. The zero-order valence-electron chi connectivity index (χ0n) is 12.2. The summed E-state index contributed by atoms with van der Waals surface area (Å²) in [7, 11) is 4.27. The summed E-state index contributed by atoms with van der Waals surface area (Å²) in [6, 6.07) is 4.64. The Kier molecular flexibility index (Phi) is 5.13. The number of hydrogen-bond donors (Lipinski definition) is 0. The van der Waals surface area contributed by atoms with Crippen molar-refractivity contribution >= 4 is 17.1 Å². The van der Waals surface area contributed by atoms with Gasteiger partial charge in [-0.05, 0) is 32.6 Å². The van der Waals surface area contributed by atoms with Gasteiger partial charge in [0.05, 0.1) is 0 Å². The van der Waals surface area contributed by atoms with E-state index >= 15 is 0 Å². The maximum absolute atomic E-state index is 12.2. The van der Waals surface area contributed by atoms with Gasteiger partial charge in [-0.1, -0.05) is 6.92 Å². The van der Waals surface area contributed by atoms with Gasteiger partial charge in [0.15, 0.2) is 0 Å². The molecule has 0 bridgehead atoms. The number of piperazine rings is 1. The van der Waals surface area contributed by atoms with E-state index in [9.17, 15) is 4.79 Å². The molecule has 0 amide bonds. The van der Waals surface area contributed by atoms with Crippen LogP contribution in [-0.4, -0.2) is 55.4 Å². The number of likely N-dealkylation sites (N-methyl/N-ethyl adjacent to an activating group) is 2. The lowest BCUT2D eigenvalue weighted by Gasteiger charge is -2.37. The van der Waals surface area contributed by atoms with Crippen LogP contribution in [0.25, 0.3) is 0 Å². The molecular formula is C15H24N2OS. The number of carbonyl (C=O) groups excluding carboxylic acids is 1. The summed E-state index contributed by atoms with van der Waals surface area (Å²) in [5.41, 5.74) is 0. The summed E-state index contributed by atoms with van der Waals surface area (Å²) >= 11 is 1.78. The Bertz CT molecular complexity index is 430. The molecule has 1 aliphatic rings. The van der Waals surface area contributed by atoms with Crippen LogP contribution in [0.15, 0.2) is 12.1 Å². The maximum atomic E-state index is 12.2. The average Bonchev–Trinajstić information content (AvgIpc) is 2.81. The molecule has 0 saturated carbocycles. The first kappa shape index (κ1) is 14.7. The summed E-state index contributed by atoms with van der Waals surface area (Å²) < 4.78 is 0. The minimum Gasteiger partial charge on any atom is -0.304 e. The molecule has 0 aromatic carbocycles. The van der Waals surface area contributed by atoms with Crippen LogP contribution in [0, 0.1) is 0 Å². The Labute approximate surface area is 120 Å². The monoisotopic (exact) mass is 280 g/mol. The number of thiophene rings is 1. The van der Waals surface area contributed by atoms with Gasteiger partial charge in [0, 0.05) is 48.3 Å². The van der Waals surface area contributed by atoms with E-state index in [4.69, 9.17) is 0 Å². The van der Waals surface area contributed by atoms with E-state index in [1.54, 1.807) is 11.3 Å². The third-order valence-corrected chi connectivity index (χ3v) is 5.11. The van der Waals surface area contributed by atoms with E-state index in [0.717, 1.165) is 26.1 Å². The van der Waals surface area contributed by atoms with Crippen molar-refractivity contribution in [3.8, 4) is 0 Å². The van der Waals surface area contributed by atoms with Crippen LogP contribution in [0.3, 0.4) is 0 Å². The SMILES string of the molecule is CCc1ccc(CC(=O)CC2CN(C)CCN2C)s1. The Morgan fingerprint density at radius 2 is 2.05 bits per heavy atom. The first-order valence-corrected chi connectivity index (χ1v) is 7.88. The number of hydrogen-bond acceptors (Lipinski definition) is 4. The summed E-state index contributed by atoms with van der Waals surface area (Å²) in [5, 5.41) is 0. The third kappa shape index (κ3) is 4.13. The van der Waals surface area contributed by atoms with Gasteiger partial charge in [0.1, 0.15) is 5.78 Å². The van der Waals surface area contributed by atoms with Crippen molar-refractivity contribution in [2.75, 3.05) is 33.7 Å². The summed E-state index contributed by atoms with van der Waals surface area (Å²) in [6.45, 7) is 5.33. The van der Waals surface area contributed by atoms with E-state index in [1.165, 1.54) is 9.75 Å². The van der Waals surface area contributed by atoms with Crippen LogP contribution >= 0.6 is 11.3 Å². The molecule has 1 atom stereocenters. The fourth-order valence-electron chi connectivity index (χ4n) is 2.56. The zero-order valence-corrected chi connectivity index (χ0v) is 13.0. The Morgan fingerprint density at radius 1 is 1.32 bits per heavy atom. The lowest BCUT2D eigenvalue weighted by Crippen LogP contribution is -2.50. The second kappa shape index (κ2) is 6.64. The van der Waals surface area contributed by atoms with Crippen LogP contribution in [0.5, 0.6) is 0 Å². The summed E-state index contributed by atoms with van der Waals surface area (Å²) in [6.07, 6.45) is 2.36. The average molecular weight is 280 g/mol. The number of ketones is 1. The molecule has 106 valence electrons. The van der Waals surface area contributed by atoms with Gasteiger partial charge in [-0.15, -0.1) is 11.3 Å². The number of nitrogens with zero attached hydrogens (tertiary/aromatic N) is 2. The normalized spacial score (nSPS) is 21.7. The Morgan fingerprint density at radius 3 is 2.74 bits per heavy atom. The summed E-state index contributed by atoms with van der Waals surface area (Å²) in [5.74, 6) is 0.372. The maximum Gasteiger partial charge on any atom is 0.139 e. The number of aryl methyl sites for hydroxylation is 1. The molecule has 2 heterocycles.